The fourth-order valence-electron chi connectivity index (χ4n) is 1.61. The highest BCUT2D eigenvalue weighted by atomic mass is 32.2. The third kappa shape index (κ3) is 4.78. The van der Waals surface area contributed by atoms with Crippen LogP contribution in [-0.2, 0) is 12.3 Å². The lowest BCUT2D eigenvalue weighted by molar-refractivity contribution is 0.344. The molecule has 7 nitrogen and oxygen atoms in total. The van der Waals surface area contributed by atoms with Crippen LogP contribution < -0.4 is 11.1 Å². The number of nitrogens with zero attached hydrogens (tertiary/aromatic N) is 3. The molecule has 0 fully saturated rings. The molecule has 0 atom stereocenters. The summed E-state index contributed by atoms with van der Waals surface area (Å²) in [6, 6.07) is 4.12. The number of nitrogens with one attached hydrogen (secondary N) is 1. The second-order valence-corrected chi connectivity index (χ2v) is 5.65. The van der Waals surface area contributed by atoms with Gasteiger partial charge in [0.2, 0.25) is 0 Å². The molecule has 0 aliphatic carbocycles. The summed E-state index contributed by atoms with van der Waals surface area (Å²) in [5, 5.41) is 6.68. The number of hydrogen-bond donors (Lipinski definition) is 2. The van der Waals surface area contributed by atoms with Crippen molar-refractivity contribution in [2.24, 2.45) is 0 Å². The first-order chi connectivity index (χ1) is 9.63. The monoisotopic (exact) mass is 297 g/mol. The first kappa shape index (κ1) is 14.7. The van der Waals surface area contributed by atoms with Gasteiger partial charge in [0, 0.05) is 12.3 Å². The van der Waals surface area contributed by atoms with Crippen molar-refractivity contribution in [2.75, 3.05) is 37.4 Å². The number of nitrogen functional groups attached to an aromatic ring is 1. The van der Waals surface area contributed by atoms with Crippen molar-refractivity contribution >= 4 is 23.7 Å². The Morgan fingerprint density at radius 3 is 2.85 bits per heavy atom. The normalized spacial score (nSPS) is 11.2. The van der Waals surface area contributed by atoms with E-state index < -0.39 is 0 Å². The van der Waals surface area contributed by atoms with E-state index >= 15 is 0 Å². The molecule has 2 heterocycles. The van der Waals surface area contributed by atoms with Crippen LogP contribution in [0.15, 0.2) is 21.1 Å². The van der Waals surface area contributed by atoms with Crippen LogP contribution >= 0.6 is 11.8 Å². The van der Waals surface area contributed by atoms with Gasteiger partial charge < -0.3 is 24.9 Å². The number of aromatic nitrogens is 2. The molecule has 0 aliphatic heterocycles. The number of anilines is 2. The molecular weight excluding hydrogens is 278 g/mol. The zero-order chi connectivity index (χ0) is 14.4. The highest BCUT2D eigenvalue weighted by Gasteiger charge is 2.04. The van der Waals surface area contributed by atoms with Gasteiger partial charge >= 0.3 is 6.01 Å². The smallest absolute Gasteiger partial charge is 0.320 e. The SMILES string of the molecule is CN(C)Cc1ccc(CSCCNc2noc(N)n2)o1. The molecule has 0 radical (unpaired) electrons. The zero-order valence-electron chi connectivity index (χ0n) is 11.6. The quantitative estimate of drug-likeness (QED) is 0.710. The Hall–Kier alpha value is -1.67. The second-order valence-electron chi connectivity index (χ2n) is 4.54. The second kappa shape index (κ2) is 7.20. The van der Waals surface area contributed by atoms with Gasteiger partial charge in [0.05, 0.1) is 12.3 Å². The van der Waals surface area contributed by atoms with Gasteiger partial charge in [0.25, 0.3) is 5.95 Å². The van der Waals surface area contributed by atoms with Crippen LogP contribution in [0.3, 0.4) is 0 Å². The van der Waals surface area contributed by atoms with Gasteiger partial charge in [0.1, 0.15) is 11.5 Å². The van der Waals surface area contributed by atoms with Crippen LogP contribution in [0.4, 0.5) is 12.0 Å². The first-order valence-electron chi connectivity index (χ1n) is 6.26. The van der Waals surface area contributed by atoms with E-state index in [1.165, 1.54) is 0 Å². The molecule has 0 saturated carbocycles. The maximum absolute atomic E-state index is 5.72. The van der Waals surface area contributed by atoms with E-state index in [1.54, 1.807) is 11.8 Å². The van der Waals surface area contributed by atoms with Crippen molar-refractivity contribution in [2.45, 2.75) is 12.3 Å². The van der Waals surface area contributed by atoms with Gasteiger partial charge in [0.15, 0.2) is 0 Å². The molecule has 20 heavy (non-hydrogen) atoms. The summed E-state index contributed by atoms with van der Waals surface area (Å²) < 4.78 is 10.4. The van der Waals surface area contributed by atoms with Gasteiger partial charge in [-0.25, -0.2) is 0 Å². The minimum atomic E-state index is 0.0733. The van der Waals surface area contributed by atoms with Gasteiger partial charge in [-0.3, -0.25) is 0 Å². The van der Waals surface area contributed by atoms with Crippen molar-refractivity contribution < 1.29 is 8.94 Å². The molecule has 0 amide bonds. The summed E-state index contributed by atoms with van der Waals surface area (Å²) in [6.45, 7) is 1.57. The van der Waals surface area contributed by atoms with E-state index in [4.69, 9.17) is 10.2 Å². The molecule has 0 spiro atoms. The molecule has 3 N–H and O–H groups in total. The van der Waals surface area contributed by atoms with Gasteiger partial charge in [-0.05, 0) is 31.4 Å². The lowest BCUT2D eigenvalue weighted by atomic mass is 10.4. The summed E-state index contributed by atoms with van der Waals surface area (Å²) in [5.41, 5.74) is 5.32. The van der Waals surface area contributed by atoms with Crippen molar-refractivity contribution in [3.63, 3.8) is 0 Å². The molecule has 2 aromatic rings. The summed E-state index contributed by atoms with van der Waals surface area (Å²) in [5.74, 6) is 4.18. The highest BCUT2D eigenvalue weighted by molar-refractivity contribution is 7.98. The molecule has 8 heteroatoms. The average molecular weight is 297 g/mol. The van der Waals surface area contributed by atoms with Gasteiger partial charge in [-0.15, -0.1) is 0 Å². The van der Waals surface area contributed by atoms with E-state index in [0.717, 1.165) is 36.1 Å². The molecule has 0 aromatic carbocycles. The molecule has 2 rings (SSSR count). The van der Waals surface area contributed by atoms with Gasteiger partial charge in [-0.2, -0.15) is 16.7 Å². The third-order valence-corrected chi connectivity index (χ3v) is 3.39. The number of hydrogen-bond acceptors (Lipinski definition) is 8. The molecule has 0 bridgehead atoms. The topological polar surface area (TPSA) is 93.3 Å². The first-order valence-corrected chi connectivity index (χ1v) is 7.42. The molecule has 0 unspecified atom stereocenters. The van der Waals surface area contributed by atoms with Gasteiger partial charge in [-0.1, -0.05) is 0 Å². The van der Waals surface area contributed by atoms with Crippen LogP contribution in [0.5, 0.6) is 0 Å². The summed E-state index contributed by atoms with van der Waals surface area (Å²) in [4.78, 5) is 5.93. The van der Waals surface area contributed by atoms with Crippen molar-refractivity contribution in [3.8, 4) is 0 Å². The van der Waals surface area contributed by atoms with Crippen molar-refractivity contribution in [1.82, 2.24) is 15.0 Å². The Bertz CT molecular complexity index is 525. The number of furan rings is 1. The minimum absolute atomic E-state index is 0.0733. The molecule has 0 aliphatic rings. The third-order valence-electron chi connectivity index (χ3n) is 2.40. The van der Waals surface area contributed by atoms with E-state index in [9.17, 15) is 0 Å². The zero-order valence-corrected chi connectivity index (χ0v) is 12.4. The number of rotatable bonds is 8. The Labute approximate surface area is 121 Å². The fraction of sp³-hybridized carbons (Fsp3) is 0.500. The standard InChI is InChI=1S/C12H19N5O2S/c1-17(2)7-9-3-4-10(18-9)8-20-6-5-14-12-15-11(13)19-16-12/h3-4H,5-8H2,1-2H3,(H3,13,14,15,16). The largest absolute Gasteiger partial charge is 0.464 e. The molecular formula is C12H19N5O2S. The molecule has 0 saturated heterocycles. The highest BCUT2D eigenvalue weighted by Crippen LogP contribution is 2.16. The van der Waals surface area contributed by atoms with Crippen LogP contribution in [-0.4, -0.2) is 41.4 Å². The minimum Gasteiger partial charge on any atom is -0.464 e. The summed E-state index contributed by atoms with van der Waals surface area (Å²) in [7, 11) is 4.04. The Morgan fingerprint density at radius 2 is 2.15 bits per heavy atom. The predicted octanol–water partition coefficient (Wildman–Crippen LogP) is 1.65. The number of thioether (sulfide) groups is 1. The maximum Gasteiger partial charge on any atom is 0.320 e. The Morgan fingerprint density at radius 1 is 1.35 bits per heavy atom. The van der Waals surface area contributed by atoms with E-state index in [2.05, 4.69) is 24.9 Å². The van der Waals surface area contributed by atoms with E-state index in [0.29, 0.717) is 5.95 Å². The van der Waals surface area contributed by atoms with E-state index in [1.807, 2.05) is 26.2 Å². The molecule has 110 valence electrons. The Kier molecular flexibility index (Phi) is 5.31. The average Bonchev–Trinajstić information content (AvgIpc) is 2.98. The van der Waals surface area contributed by atoms with Crippen LogP contribution in [0.25, 0.3) is 0 Å². The van der Waals surface area contributed by atoms with Crippen molar-refractivity contribution in [1.29, 1.82) is 0 Å². The van der Waals surface area contributed by atoms with Crippen molar-refractivity contribution in [3.05, 3.63) is 23.7 Å². The van der Waals surface area contributed by atoms with Crippen LogP contribution in [0.1, 0.15) is 11.5 Å². The fourth-order valence-corrected chi connectivity index (χ4v) is 2.36. The predicted molar refractivity (Wildman–Crippen MR) is 79.5 cm³/mol. The molecule has 2 aromatic heterocycles. The van der Waals surface area contributed by atoms with Crippen LogP contribution in [0, 0.1) is 0 Å². The van der Waals surface area contributed by atoms with E-state index in [-0.39, 0.29) is 6.01 Å². The van der Waals surface area contributed by atoms with Crippen LogP contribution in [0.2, 0.25) is 0 Å². The summed E-state index contributed by atoms with van der Waals surface area (Å²) in [6.07, 6.45) is 0. The maximum atomic E-state index is 5.72. The Balaban J connectivity index is 1.62. The number of nitrogens with two attached hydrogens (primary N) is 1. The summed E-state index contributed by atoms with van der Waals surface area (Å²) >= 11 is 1.78. The lowest BCUT2D eigenvalue weighted by Crippen LogP contribution is -2.09. The lowest BCUT2D eigenvalue weighted by Gasteiger charge is -2.05.